The Labute approximate surface area is 233 Å². The van der Waals surface area contributed by atoms with Gasteiger partial charge in [-0.1, -0.05) is 78.9 Å². The first-order valence-corrected chi connectivity index (χ1v) is 14.3. The van der Waals surface area contributed by atoms with Gasteiger partial charge in [-0.05, 0) is 49.9 Å². The average Bonchev–Trinajstić information content (AvgIpc) is 3.56. The van der Waals surface area contributed by atoms with Crippen molar-refractivity contribution in [3.05, 3.63) is 76.3 Å². The first kappa shape index (κ1) is 26.1. The van der Waals surface area contributed by atoms with E-state index in [0.717, 1.165) is 42.4 Å². The van der Waals surface area contributed by atoms with Crippen molar-refractivity contribution in [1.82, 2.24) is 10.2 Å². The average molecular weight is 548 g/mol. The molecule has 4 aliphatic rings. The minimum atomic E-state index is -1.18. The molecule has 6 rings (SSSR count). The van der Waals surface area contributed by atoms with Gasteiger partial charge >= 0.3 is 0 Å². The number of hydrogen-bond donors (Lipinski definition) is 2. The molecule has 2 saturated heterocycles. The van der Waals surface area contributed by atoms with Crippen LogP contribution in [0.2, 0.25) is 5.02 Å². The van der Waals surface area contributed by atoms with Crippen LogP contribution in [0.1, 0.15) is 48.8 Å². The van der Waals surface area contributed by atoms with Crippen LogP contribution in [0.4, 0.5) is 5.69 Å². The van der Waals surface area contributed by atoms with Gasteiger partial charge in [0.05, 0.1) is 17.9 Å². The molecule has 3 heterocycles. The van der Waals surface area contributed by atoms with Crippen LogP contribution in [-0.4, -0.2) is 46.4 Å². The predicted octanol–water partition coefficient (Wildman–Crippen LogP) is 4.70. The van der Waals surface area contributed by atoms with Crippen LogP contribution in [0.15, 0.2) is 54.6 Å². The van der Waals surface area contributed by atoms with Gasteiger partial charge in [0.25, 0.3) is 0 Å². The van der Waals surface area contributed by atoms with Crippen LogP contribution in [0.25, 0.3) is 0 Å². The number of anilines is 1. The predicted molar refractivity (Wildman–Crippen MR) is 149 cm³/mol. The molecule has 2 N–H and O–H groups in total. The fraction of sp³-hybridized carbons (Fsp3) is 0.452. The highest BCUT2D eigenvalue weighted by Crippen LogP contribution is 2.55. The van der Waals surface area contributed by atoms with Gasteiger partial charge in [-0.2, -0.15) is 0 Å². The van der Waals surface area contributed by atoms with Gasteiger partial charge in [-0.25, -0.2) is 0 Å². The van der Waals surface area contributed by atoms with Crippen molar-refractivity contribution in [3.8, 4) is 0 Å². The van der Waals surface area contributed by atoms with Crippen molar-refractivity contribution in [1.29, 1.82) is 0 Å². The smallest absolute Gasteiger partial charge is 0.246 e. The monoisotopic (exact) mass is 547 g/mol. The summed E-state index contributed by atoms with van der Waals surface area (Å²) < 4.78 is 6.46. The number of benzene rings is 2. The fourth-order valence-corrected chi connectivity index (χ4v) is 6.93. The van der Waals surface area contributed by atoms with Crippen LogP contribution in [-0.2, 0) is 25.7 Å². The van der Waals surface area contributed by atoms with Crippen LogP contribution in [0.5, 0.6) is 0 Å². The number of fused-ring (bicyclic) bond motifs is 1. The molecule has 7 nitrogen and oxygen atoms in total. The number of carbonyl (C=O) groups excluding carboxylic acids is 3. The Morgan fingerprint density at radius 1 is 1.05 bits per heavy atom. The molecule has 3 amide bonds. The minimum absolute atomic E-state index is 0.0889. The fourth-order valence-electron chi connectivity index (χ4n) is 6.75. The number of amides is 3. The molecule has 5 atom stereocenters. The molecule has 1 spiro atoms. The molecule has 3 aliphatic heterocycles. The number of rotatable bonds is 6. The number of ether oxygens (including phenoxy) is 1. The maximum absolute atomic E-state index is 14.1. The third-order valence-electron chi connectivity index (χ3n) is 8.79. The second kappa shape index (κ2) is 10.1. The first-order valence-electron chi connectivity index (χ1n) is 13.9. The van der Waals surface area contributed by atoms with E-state index in [1.54, 1.807) is 17.0 Å². The van der Waals surface area contributed by atoms with Crippen molar-refractivity contribution in [3.63, 3.8) is 0 Å². The topological polar surface area (TPSA) is 87.7 Å². The Balaban J connectivity index is 1.32. The van der Waals surface area contributed by atoms with Gasteiger partial charge in [0, 0.05) is 23.3 Å². The number of hydrogen-bond acceptors (Lipinski definition) is 4. The number of nitrogens with one attached hydrogen (secondary N) is 2. The summed E-state index contributed by atoms with van der Waals surface area (Å²) in [4.78, 5) is 43.4. The summed E-state index contributed by atoms with van der Waals surface area (Å²) in [6.07, 6.45) is 8.33. The summed E-state index contributed by atoms with van der Waals surface area (Å²) in [5.74, 6) is -2.29. The van der Waals surface area contributed by atoms with Gasteiger partial charge in [-0.15, -0.1) is 0 Å². The van der Waals surface area contributed by atoms with E-state index >= 15 is 0 Å². The van der Waals surface area contributed by atoms with E-state index in [2.05, 4.69) is 10.6 Å². The number of halogens is 1. The molecule has 204 valence electrons. The van der Waals surface area contributed by atoms with Crippen LogP contribution >= 0.6 is 11.6 Å². The quantitative estimate of drug-likeness (QED) is 0.513. The molecule has 0 radical (unpaired) electrons. The lowest BCUT2D eigenvalue weighted by molar-refractivity contribution is -0.142. The number of likely N-dealkylation sites (tertiary alicyclic amines) is 1. The number of nitrogens with zero attached hydrogens (tertiary/aromatic N) is 1. The van der Waals surface area contributed by atoms with Gasteiger partial charge in [0.1, 0.15) is 11.6 Å². The molecular formula is C31H34ClN3O4. The zero-order chi connectivity index (χ0) is 27.3. The SMILES string of the molecule is Cc1ccc(CN2C(=O)[C@H]3[C@H](C(=O)Nc4ccc(C)c(Cl)c4)[C@H]4C=C[C@@]3(O4)[C@@H]2C(=O)NC2CCCCC2)cc1. The van der Waals surface area contributed by atoms with Gasteiger partial charge < -0.3 is 20.3 Å². The van der Waals surface area contributed by atoms with E-state index in [0.29, 0.717) is 10.7 Å². The van der Waals surface area contributed by atoms with Gasteiger partial charge in [-0.3, -0.25) is 14.4 Å². The highest BCUT2D eigenvalue weighted by molar-refractivity contribution is 6.31. The summed E-state index contributed by atoms with van der Waals surface area (Å²) in [6, 6.07) is 12.5. The summed E-state index contributed by atoms with van der Waals surface area (Å²) in [5.41, 5.74) is 2.33. The van der Waals surface area contributed by atoms with Crippen LogP contribution in [0, 0.1) is 25.7 Å². The number of carbonyl (C=O) groups is 3. The van der Waals surface area contributed by atoms with Crippen molar-refractivity contribution >= 4 is 35.0 Å². The standard InChI is InChI=1S/C31H34ClN3O4/c1-18-8-11-20(12-9-18)17-35-27(29(37)33-21-6-4-3-5-7-21)31-15-14-24(39-31)25(26(31)30(35)38)28(36)34-22-13-10-19(2)23(32)16-22/h8-16,21,24-27H,3-7,17H2,1-2H3,(H,33,37)(H,34,36)/t24-,25-,26-,27+,31+/m1/s1. The molecule has 0 unspecified atom stereocenters. The lowest BCUT2D eigenvalue weighted by atomic mass is 9.74. The summed E-state index contributed by atoms with van der Waals surface area (Å²) in [7, 11) is 0. The molecule has 2 aromatic carbocycles. The Hall–Kier alpha value is -3.16. The molecule has 1 aliphatic carbocycles. The largest absolute Gasteiger partial charge is 0.359 e. The third kappa shape index (κ3) is 4.55. The van der Waals surface area contributed by atoms with Crippen molar-refractivity contribution < 1.29 is 19.1 Å². The first-order chi connectivity index (χ1) is 18.8. The Morgan fingerprint density at radius 2 is 1.79 bits per heavy atom. The highest BCUT2D eigenvalue weighted by atomic mass is 35.5. The van der Waals surface area contributed by atoms with Crippen molar-refractivity contribution in [2.45, 2.75) is 76.3 Å². The maximum atomic E-state index is 14.1. The minimum Gasteiger partial charge on any atom is -0.359 e. The van der Waals surface area contributed by atoms with E-state index < -0.39 is 29.6 Å². The van der Waals surface area contributed by atoms with E-state index in [-0.39, 0.29) is 30.3 Å². The van der Waals surface area contributed by atoms with E-state index in [4.69, 9.17) is 16.3 Å². The summed E-state index contributed by atoms with van der Waals surface area (Å²) in [6.45, 7) is 4.17. The van der Waals surface area contributed by atoms with E-state index in [1.807, 2.05) is 56.3 Å². The van der Waals surface area contributed by atoms with Gasteiger partial charge in [0.15, 0.2) is 0 Å². The van der Waals surface area contributed by atoms with E-state index in [1.165, 1.54) is 6.42 Å². The molecule has 8 heteroatoms. The van der Waals surface area contributed by atoms with Crippen molar-refractivity contribution in [2.24, 2.45) is 11.8 Å². The zero-order valence-corrected chi connectivity index (χ0v) is 23.0. The lowest BCUT2D eigenvalue weighted by Gasteiger charge is -2.34. The Morgan fingerprint density at radius 3 is 2.51 bits per heavy atom. The molecule has 2 bridgehead atoms. The molecule has 0 aromatic heterocycles. The molecule has 2 aromatic rings. The third-order valence-corrected chi connectivity index (χ3v) is 9.20. The normalized spacial score (nSPS) is 29.5. The highest BCUT2D eigenvalue weighted by Gasteiger charge is 2.72. The maximum Gasteiger partial charge on any atom is 0.246 e. The number of aryl methyl sites for hydroxylation is 2. The zero-order valence-electron chi connectivity index (χ0n) is 22.3. The van der Waals surface area contributed by atoms with Crippen LogP contribution in [0.3, 0.4) is 0 Å². The molecule has 39 heavy (non-hydrogen) atoms. The Bertz CT molecular complexity index is 1340. The lowest BCUT2D eigenvalue weighted by Crippen LogP contribution is -2.56. The summed E-state index contributed by atoms with van der Waals surface area (Å²) in [5, 5.41) is 6.72. The molecule has 3 fully saturated rings. The van der Waals surface area contributed by atoms with Gasteiger partial charge in [0.2, 0.25) is 17.7 Å². The second-order valence-corrected chi connectivity index (χ2v) is 11.9. The summed E-state index contributed by atoms with van der Waals surface area (Å²) >= 11 is 6.28. The van der Waals surface area contributed by atoms with E-state index in [9.17, 15) is 14.4 Å². The van der Waals surface area contributed by atoms with Crippen molar-refractivity contribution in [2.75, 3.05) is 5.32 Å². The molecular weight excluding hydrogens is 514 g/mol. The van der Waals surface area contributed by atoms with Crippen LogP contribution < -0.4 is 10.6 Å². The molecule has 1 saturated carbocycles. The second-order valence-electron chi connectivity index (χ2n) is 11.4. The Kier molecular flexibility index (Phi) is 6.76.